The van der Waals surface area contributed by atoms with Crippen LogP contribution >= 0.6 is 0 Å². The molecule has 0 spiro atoms. The largest absolute Gasteiger partial charge is 0.384 e. The third kappa shape index (κ3) is 1.63. The number of hydrogen-bond donors (Lipinski definition) is 2. The molecule has 5 nitrogen and oxygen atoms in total. The summed E-state index contributed by atoms with van der Waals surface area (Å²) in [5.74, 6) is 1.36. The maximum atomic E-state index is 5.67. The number of ether oxygens (including phenoxy) is 1. The van der Waals surface area contributed by atoms with Gasteiger partial charge < -0.3 is 15.5 Å². The molecular weight excluding hydrogens is 204 g/mol. The Hall–Kier alpha value is -1.62. The van der Waals surface area contributed by atoms with E-state index in [4.69, 9.17) is 10.5 Å². The van der Waals surface area contributed by atoms with Crippen LogP contribution in [-0.2, 0) is 4.74 Å². The Balaban J connectivity index is 1.97. The molecule has 84 valence electrons. The quantitative estimate of drug-likeness (QED) is 0.764. The van der Waals surface area contributed by atoms with Crippen LogP contribution in [-0.4, -0.2) is 21.6 Å². The number of anilines is 1. The molecule has 1 aliphatic heterocycles. The topological polar surface area (TPSA) is 76.8 Å². The van der Waals surface area contributed by atoms with Gasteiger partial charge in [0, 0.05) is 6.61 Å². The van der Waals surface area contributed by atoms with E-state index in [0.29, 0.717) is 11.5 Å². The van der Waals surface area contributed by atoms with Gasteiger partial charge in [-0.2, -0.15) is 0 Å². The zero-order chi connectivity index (χ0) is 11.0. The van der Waals surface area contributed by atoms with E-state index in [1.807, 2.05) is 6.07 Å². The molecular formula is C11H14N4O. The second-order valence-corrected chi connectivity index (χ2v) is 4.08. The molecule has 0 amide bonds. The Morgan fingerprint density at radius 1 is 1.31 bits per heavy atom. The molecule has 0 radical (unpaired) electrons. The fourth-order valence-corrected chi connectivity index (χ4v) is 2.03. The first-order valence-electron chi connectivity index (χ1n) is 5.57. The number of imidazole rings is 1. The van der Waals surface area contributed by atoms with E-state index in [0.717, 1.165) is 30.8 Å². The summed E-state index contributed by atoms with van der Waals surface area (Å²) in [5.41, 5.74) is 7.20. The highest BCUT2D eigenvalue weighted by atomic mass is 16.5. The Bertz CT molecular complexity index is 502. The van der Waals surface area contributed by atoms with Crippen LogP contribution in [0, 0.1) is 0 Å². The molecule has 0 bridgehead atoms. The van der Waals surface area contributed by atoms with Crippen LogP contribution in [0.4, 0.5) is 5.82 Å². The molecule has 0 saturated carbocycles. The maximum absolute atomic E-state index is 5.67. The molecule has 3 rings (SSSR count). The van der Waals surface area contributed by atoms with Crippen LogP contribution in [0.2, 0.25) is 0 Å². The predicted octanol–water partition coefficient (Wildman–Crippen LogP) is 1.78. The number of pyridine rings is 1. The van der Waals surface area contributed by atoms with Gasteiger partial charge in [-0.1, -0.05) is 0 Å². The molecule has 0 aliphatic carbocycles. The number of hydrogen-bond acceptors (Lipinski definition) is 4. The van der Waals surface area contributed by atoms with E-state index in [2.05, 4.69) is 15.0 Å². The van der Waals surface area contributed by atoms with Gasteiger partial charge in [-0.05, 0) is 31.4 Å². The number of H-pyrrole nitrogens is 1. The van der Waals surface area contributed by atoms with Crippen molar-refractivity contribution in [2.75, 3.05) is 12.3 Å². The molecule has 1 aliphatic rings. The molecule has 1 atom stereocenters. The first kappa shape index (κ1) is 9.59. The SMILES string of the molecule is Nc1ccc2[nH]c(C3CCCCO3)nc2n1. The normalized spacial score (nSPS) is 21.4. The molecule has 1 fully saturated rings. The van der Waals surface area contributed by atoms with Crippen LogP contribution < -0.4 is 5.73 Å². The average Bonchev–Trinajstić information content (AvgIpc) is 2.73. The average molecular weight is 218 g/mol. The number of rotatable bonds is 1. The summed E-state index contributed by atoms with van der Waals surface area (Å²) in [7, 11) is 0. The molecule has 0 aromatic carbocycles. The molecule has 5 heteroatoms. The molecule has 2 aromatic rings. The van der Waals surface area contributed by atoms with Crippen LogP contribution in [0.3, 0.4) is 0 Å². The number of fused-ring (bicyclic) bond motifs is 1. The molecule has 2 aromatic heterocycles. The first-order chi connectivity index (χ1) is 7.83. The zero-order valence-electron chi connectivity index (χ0n) is 8.94. The minimum absolute atomic E-state index is 0.0872. The van der Waals surface area contributed by atoms with Gasteiger partial charge in [0.25, 0.3) is 0 Å². The third-order valence-electron chi connectivity index (χ3n) is 2.87. The first-order valence-corrected chi connectivity index (χ1v) is 5.57. The van der Waals surface area contributed by atoms with Gasteiger partial charge in [0.1, 0.15) is 17.7 Å². The number of nitrogens with one attached hydrogen (secondary N) is 1. The number of aromatic nitrogens is 3. The summed E-state index contributed by atoms with van der Waals surface area (Å²) < 4.78 is 5.67. The molecule has 16 heavy (non-hydrogen) atoms. The van der Waals surface area contributed by atoms with Crippen molar-refractivity contribution in [2.24, 2.45) is 0 Å². The van der Waals surface area contributed by atoms with Gasteiger partial charge in [-0.25, -0.2) is 9.97 Å². The Labute approximate surface area is 93.0 Å². The van der Waals surface area contributed by atoms with Crippen molar-refractivity contribution in [3.05, 3.63) is 18.0 Å². The third-order valence-corrected chi connectivity index (χ3v) is 2.87. The van der Waals surface area contributed by atoms with E-state index >= 15 is 0 Å². The fraction of sp³-hybridized carbons (Fsp3) is 0.455. The lowest BCUT2D eigenvalue weighted by molar-refractivity contribution is 0.0101. The highest BCUT2D eigenvalue weighted by molar-refractivity contribution is 5.72. The maximum Gasteiger partial charge on any atom is 0.179 e. The van der Waals surface area contributed by atoms with E-state index in [1.54, 1.807) is 6.07 Å². The minimum Gasteiger partial charge on any atom is -0.384 e. The second-order valence-electron chi connectivity index (χ2n) is 4.08. The van der Waals surface area contributed by atoms with Gasteiger partial charge in [0.15, 0.2) is 5.65 Å². The van der Waals surface area contributed by atoms with Crippen LogP contribution in [0.25, 0.3) is 11.2 Å². The summed E-state index contributed by atoms with van der Waals surface area (Å²) >= 11 is 0. The van der Waals surface area contributed by atoms with Crippen molar-refractivity contribution in [3.63, 3.8) is 0 Å². The van der Waals surface area contributed by atoms with E-state index in [9.17, 15) is 0 Å². The lowest BCUT2D eigenvalue weighted by atomic mass is 10.1. The summed E-state index contributed by atoms with van der Waals surface area (Å²) in [4.78, 5) is 11.8. The second kappa shape index (κ2) is 3.75. The number of nitrogen functional groups attached to an aromatic ring is 1. The van der Waals surface area contributed by atoms with Crippen LogP contribution in [0.1, 0.15) is 31.2 Å². The van der Waals surface area contributed by atoms with E-state index in [-0.39, 0.29) is 6.10 Å². The zero-order valence-corrected chi connectivity index (χ0v) is 8.94. The molecule has 3 N–H and O–H groups in total. The lowest BCUT2D eigenvalue weighted by Crippen LogP contribution is -2.12. The van der Waals surface area contributed by atoms with Crippen LogP contribution in [0.15, 0.2) is 12.1 Å². The van der Waals surface area contributed by atoms with E-state index in [1.165, 1.54) is 6.42 Å². The van der Waals surface area contributed by atoms with Gasteiger partial charge >= 0.3 is 0 Å². The van der Waals surface area contributed by atoms with Crippen molar-refractivity contribution >= 4 is 17.0 Å². The Kier molecular flexibility index (Phi) is 2.25. The Morgan fingerprint density at radius 3 is 3.06 bits per heavy atom. The van der Waals surface area contributed by atoms with Crippen LogP contribution in [0.5, 0.6) is 0 Å². The Morgan fingerprint density at radius 2 is 2.25 bits per heavy atom. The van der Waals surface area contributed by atoms with Crippen molar-refractivity contribution in [3.8, 4) is 0 Å². The van der Waals surface area contributed by atoms with Crippen molar-refractivity contribution in [1.29, 1.82) is 0 Å². The smallest absolute Gasteiger partial charge is 0.179 e. The number of nitrogens with two attached hydrogens (primary N) is 1. The van der Waals surface area contributed by atoms with Gasteiger partial charge in [-0.3, -0.25) is 0 Å². The number of nitrogens with zero attached hydrogens (tertiary/aromatic N) is 2. The predicted molar refractivity (Wildman–Crippen MR) is 60.8 cm³/mol. The van der Waals surface area contributed by atoms with Gasteiger partial charge in [-0.15, -0.1) is 0 Å². The van der Waals surface area contributed by atoms with E-state index < -0.39 is 0 Å². The minimum atomic E-state index is 0.0872. The van der Waals surface area contributed by atoms with Gasteiger partial charge in [0.05, 0.1) is 5.52 Å². The molecule has 1 saturated heterocycles. The van der Waals surface area contributed by atoms with Crippen molar-refractivity contribution in [1.82, 2.24) is 15.0 Å². The monoisotopic (exact) mass is 218 g/mol. The van der Waals surface area contributed by atoms with Crippen molar-refractivity contribution < 1.29 is 4.74 Å². The summed E-state index contributed by atoms with van der Waals surface area (Å²) in [6, 6.07) is 3.67. The molecule has 3 heterocycles. The summed E-state index contributed by atoms with van der Waals surface area (Å²) in [6.45, 7) is 0.817. The highest BCUT2D eigenvalue weighted by Gasteiger charge is 2.19. The number of aromatic amines is 1. The highest BCUT2D eigenvalue weighted by Crippen LogP contribution is 2.27. The summed E-state index contributed by atoms with van der Waals surface area (Å²) in [6.07, 6.45) is 3.44. The summed E-state index contributed by atoms with van der Waals surface area (Å²) in [5, 5.41) is 0. The van der Waals surface area contributed by atoms with Crippen molar-refractivity contribution in [2.45, 2.75) is 25.4 Å². The lowest BCUT2D eigenvalue weighted by Gasteiger charge is -2.20. The van der Waals surface area contributed by atoms with Gasteiger partial charge in [0.2, 0.25) is 0 Å². The fourth-order valence-electron chi connectivity index (χ4n) is 2.03. The standard InChI is InChI=1S/C11H14N4O/c12-9-5-4-7-10(14-9)15-11(13-7)8-3-1-2-6-16-8/h4-5,8H,1-3,6H2,(H3,12,13,14,15). The molecule has 1 unspecified atom stereocenters.